The summed E-state index contributed by atoms with van der Waals surface area (Å²) >= 11 is 0. The number of cyclic esters (lactones) is 1. The van der Waals surface area contributed by atoms with Crippen LogP contribution in [0.25, 0.3) is 0 Å². The van der Waals surface area contributed by atoms with Gasteiger partial charge in [-0.25, -0.2) is 0 Å². The van der Waals surface area contributed by atoms with Gasteiger partial charge in [0, 0.05) is 62.4 Å². The van der Waals surface area contributed by atoms with E-state index >= 15 is 0 Å². The summed E-state index contributed by atoms with van der Waals surface area (Å²) < 4.78 is 40.8. The van der Waals surface area contributed by atoms with Crippen molar-refractivity contribution in [2.24, 2.45) is 17.8 Å². The fraction of sp³-hybridized carbons (Fsp3) is 0.682. The van der Waals surface area contributed by atoms with Crippen LogP contribution in [0.5, 0.6) is 0 Å². The van der Waals surface area contributed by atoms with Gasteiger partial charge in [0.05, 0.1) is 105 Å². The Morgan fingerprint density at radius 1 is 0.642 bits per heavy atom. The zero-order valence-electron chi connectivity index (χ0n) is 53.8. The number of nitrogens with one attached hydrogen (secondary N) is 2. The Balaban J connectivity index is 1.26. The molecule has 0 aliphatic carbocycles. The molecule has 0 spiro atoms. The van der Waals surface area contributed by atoms with E-state index in [1.165, 1.54) is 13.0 Å². The maximum absolute atomic E-state index is 14.3. The Bertz CT molecular complexity index is 2690. The predicted molar refractivity (Wildman–Crippen MR) is 336 cm³/mol. The van der Waals surface area contributed by atoms with Gasteiger partial charge >= 0.3 is 5.97 Å². The van der Waals surface area contributed by atoms with E-state index in [1.54, 1.807) is 117 Å². The summed E-state index contributed by atoms with van der Waals surface area (Å²) in [6.45, 7) is 4.32. The number of carbonyl (C=O) groups is 2. The lowest BCUT2D eigenvalue weighted by Gasteiger charge is -2.48. The van der Waals surface area contributed by atoms with Gasteiger partial charge in [0.2, 0.25) is 11.7 Å². The van der Waals surface area contributed by atoms with E-state index in [0.29, 0.717) is 5.69 Å². The fourth-order valence-electron chi connectivity index (χ4n) is 12.0. The number of aliphatic hydroxyl groups excluding tert-OH is 15. The molecular formula is C66H101N3O26. The number of rotatable bonds is 12. The topological polar surface area (TPSA) is 480 Å². The maximum Gasteiger partial charge on any atom is 0.308 e. The standard InChI is InChI=1S/C66H101N3O26/c1-36-19-15-13-11-9-7-5-6-8-10-12-14-16-21-44(92-63-57(82)53(55(80)39(4)91-63)69-35-66(88)61(85)60(48(77)34-89-66)94-64-59(84)58(83)56(81)50(33-70)93-64)30-49-52(62(86)68-26-24-40-20-17-18-25-67-40)47(76)32-65(87,95-49)31-43(73)28-46(75)45(74)23-22-41(71)27-42(72)29-51(78)90-38(3)37(2)54(36)79/h5-21,25,36-39,41-50,52-61,63-64,69-77,79-85,87-88H,22-24,26-35H2,1-4H3,(H,68,86)/b6-5+,9-7+,10-8+,13-11+,14-12+,19-15+,21-16+/t36-,37?,38-,39+,41+,42+,43-,44-,45+,46+,47-,48+,49?,50+,52?,53-,54+,55+,56+,57-,58-,59+,60+,61-,63?,64?,65+,66+/m0/s1. The minimum atomic E-state index is -2.68. The van der Waals surface area contributed by atoms with Crippen LogP contribution in [0.2, 0.25) is 0 Å². The Hall–Kier alpha value is -4.69. The molecule has 95 heavy (non-hydrogen) atoms. The summed E-state index contributed by atoms with van der Waals surface area (Å²) in [6.07, 6.45) is -12.1. The molecule has 0 saturated carbocycles. The van der Waals surface area contributed by atoms with Crippen molar-refractivity contribution in [3.05, 3.63) is 115 Å². The number of pyridine rings is 1. The van der Waals surface area contributed by atoms with Gasteiger partial charge in [-0.1, -0.05) is 105 Å². The number of carbonyl (C=O) groups excluding carboxylic acids is 2. The largest absolute Gasteiger partial charge is 0.462 e. The first-order valence-electron chi connectivity index (χ1n) is 32.4. The molecule has 29 nitrogen and oxygen atoms in total. The highest BCUT2D eigenvalue weighted by molar-refractivity contribution is 5.80. The van der Waals surface area contributed by atoms with Gasteiger partial charge in [-0.05, 0) is 45.2 Å². The van der Waals surface area contributed by atoms with E-state index in [9.17, 15) is 96.4 Å². The number of fused-ring (bicyclic) bond motifs is 2. The molecule has 536 valence electrons. The van der Waals surface area contributed by atoms with Crippen LogP contribution in [0.15, 0.2) is 109 Å². The molecule has 0 aromatic carbocycles. The summed E-state index contributed by atoms with van der Waals surface area (Å²) in [5, 5.41) is 194. The lowest BCUT2D eigenvalue weighted by molar-refractivity contribution is -0.368. The highest BCUT2D eigenvalue weighted by atomic mass is 16.7. The zero-order chi connectivity index (χ0) is 69.7. The quantitative estimate of drug-likeness (QED) is 0.0909. The first-order valence-corrected chi connectivity index (χ1v) is 32.4. The second-order valence-electron chi connectivity index (χ2n) is 25.4. The van der Waals surface area contributed by atoms with E-state index in [-0.39, 0.29) is 38.1 Å². The summed E-state index contributed by atoms with van der Waals surface area (Å²) in [7, 11) is 0. The molecule has 4 saturated heterocycles. The van der Waals surface area contributed by atoms with Gasteiger partial charge in [0.25, 0.3) is 0 Å². The molecule has 28 atom stereocenters. The number of allylic oxidation sites excluding steroid dienone is 12. The van der Waals surface area contributed by atoms with Crippen LogP contribution in [0.1, 0.15) is 84.8 Å². The number of nitrogens with zero attached hydrogens (tertiary/aromatic N) is 1. The van der Waals surface area contributed by atoms with Gasteiger partial charge < -0.3 is 131 Å². The van der Waals surface area contributed by atoms with Crippen LogP contribution in [0.3, 0.4) is 0 Å². The molecule has 1 amide bonds. The number of hydrogen-bond acceptors (Lipinski definition) is 28. The van der Waals surface area contributed by atoms with Crippen LogP contribution < -0.4 is 10.6 Å². The van der Waals surface area contributed by atoms with Crippen molar-refractivity contribution in [2.45, 2.75) is 238 Å². The fourth-order valence-corrected chi connectivity index (χ4v) is 12.0. The van der Waals surface area contributed by atoms with Crippen LogP contribution in [-0.4, -0.2) is 282 Å². The van der Waals surface area contributed by atoms with E-state index in [2.05, 4.69) is 15.6 Å². The minimum Gasteiger partial charge on any atom is -0.462 e. The molecule has 1 aromatic heterocycles. The SMILES string of the molecule is CC1[C@H](C)OC(=O)C[C@H](O)C[C@H](O)CC[C@@H](O)[C@H](O)C[C@H](O)C[C@]2(O)C[C@H](O)C(C(=O)NCCc3ccccn3)C(C[C@@H](OC3O[C@H](C)[C@@H](O)[C@H](NC[C@@]4(O)OC[C@@H](O)[C@@H](OC5O[C@H](CO)[C@@H](O)[C@H](O)[C@H]5O)[C@@H]4O)[C@@H]3O)/C=C/C=C/C=C/C=C/C=C/C=C/C=C/[C@H](C)[C@H]1O)O2. The maximum atomic E-state index is 14.3. The molecule has 6 rings (SSSR count). The van der Waals surface area contributed by atoms with Gasteiger partial charge in [0.15, 0.2) is 18.4 Å². The summed E-state index contributed by atoms with van der Waals surface area (Å²) in [6, 6.07) is 3.76. The number of aromatic nitrogens is 1. The number of esters is 1. The average molecular weight is 1350 g/mol. The molecule has 5 aliphatic rings. The van der Waals surface area contributed by atoms with Crippen molar-refractivity contribution in [1.29, 1.82) is 0 Å². The summed E-state index contributed by atoms with van der Waals surface area (Å²) in [5.41, 5.74) is 0.641. The molecule has 2 bridgehead atoms. The monoisotopic (exact) mass is 1350 g/mol. The van der Waals surface area contributed by atoms with Crippen molar-refractivity contribution in [2.75, 3.05) is 26.3 Å². The van der Waals surface area contributed by atoms with Gasteiger partial charge in [0.1, 0.15) is 54.9 Å². The normalized spacial score (nSPS) is 44.6. The van der Waals surface area contributed by atoms with Gasteiger partial charge in [-0.3, -0.25) is 14.6 Å². The number of hydrogen-bond donors (Lipinski definition) is 19. The summed E-state index contributed by atoms with van der Waals surface area (Å²) in [4.78, 5) is 31.4. The van der Waals surface area contributed by atoms with E-state index in [1.807, 2.05) is 6.92 Å². The number of amides is 1. The molecule has 1 aromatic rings. The van der Waals surface area contributed by atoms with E-state index in [4.69, 9.17) is 33.2 Å². The van der Waals surface area contributed by atoms with Crippen LogP contribution >= 0.6 is 0 Å². The lowest BCUT2D eigenvalue weighted by atomic mass is 9.82. The first-order chi connectivity index (χ1) is 45.0. The van der Waals surface area contributed by atoms with Crippen molar-refractivity contribution >= 4 is 11.9 Å². The average Bonchev–Trinajstić information content (AvgIpc) is 0.787. The zero-order valence-corrected chi connectivity index (χ0v) is 53.8. The van der Waals surface area contributed by atoms with Crippen molar-refractivity contribution < 1.29 is 130 Å². The third-order valence-electron chi connectivity index (χ3n) is 17.8. The van der Waals surface area contributed by atoms with E-state index in [0.717, 1.165) is 0 Å². The van der Waals surface area contributed by atoms with Crippen molar-refractivity contribution in [3.63, 3.8) is 0 Å². The number of aliphatic hydroxyl groups is 17. The van der Waals surface area contributed by atoms with Gasteiger partial charge in [-0.15, -0.1) is 0 Å². The lowest BCUT2D eigenvalue weighted by Crippen LogP contribution is -2.70. The molecule has 6 heterocycles. The molecule has 5 aliphatic heterocycles. The third-order valence-corrected chi connectivity index (χ3v) is 17.8. The van der Waals surface area contributed by atoms with Crippen molar-refractivity contribution in [3.8, 4) is 0 Å². The van der Waals surface area contributed by atoms with Crippen molar-refractivity contribution in [1.82, 2.24) is 15.6 Å². The van der Waals surface area contributed by atoms with Crippen LogP contribution in [0.4, 0.5) is 0 Å². The number of ether oxygens (including phenoxy) is 7. The second kappa shape index (κ2) is 38.0. The molecule has 29 heteroatoms. The Kier molecular flexibility index (Phi) is 31.8. The van der Waals surface area contributed by atoms with E-state index < -0.39 is 228 Å². The molecular weight excluding hydrogens is 1250 g/mol. The highest BCUT2D eigenvalue weighted by Gasteiger charge is 2.55. The Labute approximate surface area is 552 Å². The minimum absolute atomic E-state index is 0.0461. The summed E-state index contributed by atoms with van der Waals surface area (Å²) in [5.74, 6) is -8.87. The second-order valence-corrected chi connectivity index (χ2v) is 25.4. The molecule has 0 radical (unpaired) electrons. The van der Waals surface area contributed by atoms with Crippen LogP contribution in [0, 0.1) is 17.8 Å². The molecule has 4 fully saturated rings. The Morgan fingerprint density at radius 3 is 1.93 bits per heavy atom. The third kappa shape index (κ3) is 23.5. The predicted octanol–water partition coefficient (Wildman–Crippen LogP) is -3.36. The molecule has 5 unspecified atom stereocenters. The van der Waals surface area contributed by atoms with Crippen LogP contribution in [-0.2, 0) is 49.2 Å². The Morgan fingerprint density at radius 2 is 1.28 bits per heavy atom. The molecule has 19 N–H and O–H groups in total. The van der Waals surface area contributed by atoms with Gasteiger partial charge in [-0.2, -0.15) is 0 Å². The smallest absolute Gasteiger partial charge is 0.308 e. The first kappa shape index (κ1) is 79.3. The highest BCUT2D eigenvalue weighted by Crippen LogP contribution is 2.39.